The van der Waals surface area contributed by atoms with Gasteiger partial charge in [-0.2, -0.15) is 5.10 Å². The SMILES string of the molecule is Cn1c(=O)n(C)c2cc(CC(=O)Nc3n[nH]c4cc(Br)ccc34)ccc21. The number of nitrogens with zero attached hydrogens (tertiary/aromatic N) is 3. The Kier molecular flexibility index (Phi) is 3.91. The zero-order valence-electron chi connectivity index (χ0n) is 14.2. The molecule has 0 unspecified atom stereocenters. The third kappa shape index (κ3) is 2.72. The Morgan fingerprint density at radius 2 is 1.92 bits per heavy atom. The second-order valence-electron chi connectivity index (χ2n) is 6.21. The summed E-state index contributed by atoms with van der Waals surface area (Å²) >= 11 is 3.41. The number of nitrogens with one attached hydrogen (secondary N) is 2. The number of H-pyrrole nitrogens is 1. The number of amides is 1. The number of imidazole rings is 1. The lowest BCUT2D eigenvalue weighted by atomic mass is 10.1. The highest BCUT2D eigenvalue weighted by Gasteiger charge is 2.12. The predicted octanol–water partition coefficient (Wildman–Crippen LogP) is 2.70. The van der Waals surface area contributed by atoms with Gasteiger partial charge >= 0.3 is 5.69 Å². The Hall–Kier alpha value is -2.87. The summed E-state index contributed by atoms with van der Waals surface area (Å²) in [7, 11) is 3.46. The molecule has 0 aliphatic rings. The van der Waals surface area contributed by atoms with Gasteiger partial charge in [0.1, 0.15) is 0 Å². The van der Waals surface area contributed by atoms with Gasteiger partial charge in [0.2, 0.25) is 5.91 Å². The zero-order valence-corrected chi connectivity index (χ0v) is 15.8. The highest BCUT2D eigenvalue weighted by molar-refractivity contribution is 9.10. The van der Waals surface area contributed by atoms with Gasteiger partial charge in [-0.05, 0) is 35.9 Å². The molecular formula is C18H16BrN5O2. The number of aromatic nitrogens is 4. The number of aromatic amines is 1. The van der Waals surface area contributed by atoms with Crippen molar-refractivity contribution in [1.29, 1.82) is 0 Å². The van der Waals surface area contributed by atoms with E-state index in [0.29, 0.717) is 5.82 Å². The summed E-state index contributed by atoms with van der Waals surface area (Å²) in [5.41, 5.74) is 3.23. The second-order valence-corrected chi connectivity index (χ2v) is 7.13. The van der Waals surface area contributed by atoms with Gasteiger partial charge in [0.05, 0.1) is 23.0 Å². The molecule has 0 bridgehead atoms. The first kappa shape index (κ1) is 16.6. The Morgan fingerprint density at radius 1 is 1.15 bits per heavy atom. The van der Waals surface area contributed by atoms with Crippen LogP contribution in [0, 0.1) is 0 Å². The molecule has 0 aliphatic heterocycles. The van der Waals surface area contributed by atoms with Crippen molar-refractivity contribution in [3.05, 3.63) is 56.9 Å². The predicted molar refractivity (Wildman–Crippen MR) is 104 cm³/mol. The molecule has 0 spiro atoms. The number of anilines is 1. The molecule has 2 aromatic heterocycles. The highest BCUT2D eigenvalue weighted by atomic mass is 79.9. The number of carbonyl (C=O) groups excluding carboxylic acids is 1. The molecule has 0 saturated heterocycles. The fourth-order valence-corrected chi connectivity index (χ4v) is 3.47. The Morgan fingerprint density at radius 3 is 2.73 bits per heavy atom. The summed E-state index contributed by atoms with van der Waals surface area (Å²) in [4.78, 5) is 24.4. The molecule has 0 atom stereocenters. The van der Waals surface area contributed by atoms with E-state index >= 15 is 0 Å². The summed E-state index contributed by atoms with van der Waals surface area (Å²) in [6, 6.07) is 11.3. The van der Waals surface area contributed by atoms with Gasteiger partial charge in [-0.15, -0.1) is 0 Å². The van der Waals surface area contributed by atoms with Crippen LogP contribution in [0.5, 0.6) is 0 Å². The standard InChI is InChI=1S/C18H16BrN5O2/c1-23-14-6-3-10(7-15(14)24(2)18(23)26)8-16(25)20-17-12-5-4-11(19)9-13(12)21-22-17/h3-7,9H,8H2,1-2H3,(H2,20,21,22,25). The summed E-state index contributed by atoms with van der Waals surface area (Å²) in [5.74, 6) is 0.340. The lowest BCUT2D eigenvalue weighted by molar-refractivity contribution is -0.115. The van der Waals surface area contributed by atoms with Crippen molar-refractivity contribution in [3.63, 3.8) is 0 Å². The van der Waals surface area contributed by atoms with E-state index in [1.165, 1.54) is 0 Å². The van der Waals surface area contributed by atoms with Crippen molar-refractivity contribution >= 4 is 49.6 Å². The first-order valence-corrected chi connectivity index (χ1v) is 8.81. The van der Waals surface area contributed by atoms with Gasteiger partial charge in [0, 0.05) is 24.0 Å². The van der Waals surface area contributed by atoms with Gasteiger partial charge in [-0.3, -0.25) is 19.0 Å². The number of hydrogen-bond donors (Lipinski definition) is 2. The van der Waals surface area contributed by atoms with Crippen molar-refractivity contribution < 1.29 is 4.79 Å². The maximum absolute atomic E-state index is 12.4. The lowest BCUT2D eigenvalue weighted by Gasteiger charge is -2.04. The molecule has 0 aliphatic carbocycles. The number of carbonyl (C=O) groups is 1. The van der Waals surface area contributed by atoms with E-state index in [0.717, 1.165) is 32.0 Å². The molecule has 4 rings (SSSR count). The van der Waals surface area contributed by atoms with E-state index in [4.69, 9.17) is 0 Å². The average Bonchev–Trinajstić information content (AvgIpc) is 3.09. The van der Waals surface area contributed by atoms with Crippen LogP contribution in [0.25, 0.3) is 21.9 Å². The van der Waals surface area contributed by atoms with Crippen molar-refractivity contribution in [2.75, 3.05) is 5.32 Å². The first-order chi connectivity index (χ1) is 12.4. The van der Waals surface area contributed by atoms with Crippen LogP contribution >= 0.6 is 15.9 Å². The van der Waals surface area contributed by atoms with Gasteiger partial charge < -0.3 is 5.32 Å². The fourth-order valence-electron chi connectivity index (χ4n) is 3.11. The maximum Gasteiger partial charge on any atom is 0.328 e. The number of rotatable bonds is 3. The van der Waals surface area contributed by atoms with Crippen LogP contribution in [0.3, 0.4) is 0 Å². The summed E-state index contributed by atoms with van der Waals surface area (Å²) in [6.07, 6.45) is 0.198. The molecule has 8 heteroatoms. The zero-order chi connectivity index (χ0) is 18.4. The van der Waals surface area contributed by atoms with Crippen LogP contribution in [-0.4, -0.2) is 25.2 Å². The van der Waals surface area contributed by atoms with Crippen LogP contribution in [0.1, 0.15) is 5.56 Å². The first-order valence-electron chi connectivity index (χ1n) is 8.02. The second kappa shape index (κ2) is 6.14. The molecule has 2 N–H and O–H groups in total. The van der Waals surface area contributed by atoms with Crippen LogP contribution < -0.4 is 11.0 Å². The van der Waals surface area contributed by atoms with Gasteiger partial charge in [-0.25, -0.2) is 4.79 Å². The molecule has 0 saturated carbocycles. The van der Waals surface area contributed by atoms with Crippen LogP contribution in [0.15, 0.2) is 45.7 Å². The topological polar surface area (TPSA) is 84.7 Å². The Bertz CT molecular complexity index is 1220. The summed E-state index contributed by atoms with van der Waals surface area (Å²) in [6.45, 7) is 0. The molecule has 0 radical (unpaired) electrons. The summed E-state index contributed by atoms with van der Waals surface area (Å²) < 4.78 is 4.11. The normalized spacial score (nSPS) is 11.3. The number of fused-ring (bicyclic) bond motifs is 2. The number of aryl methyl sites for hydroxylation is 2. The molecular weight excluding hydrogens is 398 g/mol. The number of halogens is 1. The smallest absolute Gasteiger partial charge is 0.308 e. The molecule has 2 heterocycles. The van der Waals surface area contributed by atoms with Crippen LogP contribution in [0.2, 0.25) is 0 Å². The Balaban J connectivity index is 1.59. The number of benzene rings is 2. The maximum atomic E-state index is 12.4. The monoisotopic (exact) mass is 413 g/mol. The lowest BCUT2D eigenvalue weighted by Crippen LogP contribution is -2.19. The van der Waals surface area contributed by atoms with Crippen molar-refractivity contribution in [2.45, 2.75) is 6.42 Å². The van der Waals surface area contributed by atoms with Gasteiger partial charge in [-0.1, -0.05) is 22.0 Å². The molecule has 7 nitrogen and oxygen atoms in total. The van der Waals surface area contributed by atoms with E-state index in [9.17, 15) is 9.59 Å². The van der Waals surface area contributed by atoms with E-state index < -0.39 is 0 Å². The van der Waals surface area contributed by atoms with Crippen LogP contribution in [0.4, 0.5) is 5.82 Å². The van der Waals surface area contributed by atoms with Gasteiger partial charge in [0.15, 0.2) is 5.82 Å². The molecule has 0 fully saturated rings. The average molecular weight is 414 g/mol. The van der Waals surface area contributed by atoms with E-state index in [-0.39, 0.29) is 18.0 Å². The van der Waals surface area contributed by atoms with Crippen LogP contribution in [-0.2, 0) is 25.3 Å². The molecule has 2 aromatic carbocycles. The minimum atomic E-state index is -0.165. The van der Waals surface area contributed by atoms with Crippen molar-refractivity contribution in [1.82, 2.24) is 19.3 Å². The fraction of sp³-hybridized carbons (Fsp3) is 0.167. The molecule has 132 valence electrons. The third-order valence-electron chi connectivity index (χ3n) is 4.48. The van der Waals surface area contributed by atoms with Gasteiger partial charge in [0.25, 0.3) is 0 Å². The highest BCUT2D eigenvalue weighted by Crippen LogP contribution is 2.24. The summed E-state index contributed by atoms with van der Waals surface area (Å²) in [5, 5.41) is 10.8. The van der Waals surface area contributed by atoms with E-state index in [2.05, 4.69) is 31.4 Å². The molecule has 1 amide bonds. The molecule has 4 aromatic rings. The largest absolute Gasteiger partial charge is 0.328 e. The van der Waals surface area contributed by atoms with E-state index in [1.807, 2.05) is 36.4 Å². The minimum absolute atomic E-state index is 0.0873. The third-order valence-corrected chi connectivity index (χ3v) is 4.98. The van der Waals surface area contributed by atoms with Crippen molar-refractivity contribution in [2.24, 2.45) is 14.1 Å². The van der Waals surface area contributed by atoms with E-state index in [1.54, 1.807) is 23.2 Å². The Labute approximate surface area is 156 Å². The quantitative estimate of drug-likeness (QED) is 0.541. The van der Waals surface area contributed by atoms with Crippen molar-refractivity contribution in [3.8, 4) is 0 Å². The minimum Gasteiger partial charge on any atom is -0.308 e. The number of hydrogen-bond acceptors (Lipinski definition) is 3. The molecule has 26 heavy (non-hydrogen) atoms.